The number of hydrogen-bond acceptors (Lipinski definition) is 6. The molecule has 0 aliphatic rings. The summed E-state index contributed by atoms with van der Waals surface area (Å²) in [6.07, 6.45) is 2.90. The number of benzene rings is 1. The van der Waals surface area contributed by atoms with Crippen molar-refractivity contribution in [1.82, 2.24) is 14.6 Å². The van der Waals surface area contributed by atoms with Crippen LogP contribution in [0, 0.1) is 10.1 Å². The Bertz CT molecular complexity index is 883. The van der Waals surface area contributed by atoms with E-state index in [1.165, 1.54) is 34.3 Å². The molecule has 0 N–H and O–H groups in total. The van der Waals surface area contributed by atoms with E-state index in [0.717, 1.165) is 0 Å². The molecule has 2 heterocycles. The van der Waals surface area contributed by atoms with Crippen LogP contribution in [0.3, 0.4) is 0 Å². The Kier molecular flexibility index (Phi) is 2.57. The molecule has 0 saturated carbocycles. The number of nitro benzene ring substituents is 1. The minimum Gasteiger partial charge on any atom is -0.266 e. The lowest BCUT2D eigenvalue weighted by Gasteiger charge is -1.92. The number of fused-ring (bicyclic) bond motifs is 1. The van der Waals surface area contributed by atoms with E-state index in [1.807, 2.05) is 0 Å². The minimum atomic E-state index is -0.474. The molecule has 0 saturated heterocycles. The van der Waals surface area contributed by atoms with Gasteiger partial charge < -0.3 is 0 Å². The first-order chi connectivity index (χ1) is 9.15. The van der Waals surface area contributed by atoms with Gasteiger partial charge in [0.25, 0.3) is 11.2 Å². The molecule has 3 rings (SSSR count). The Labute approximate surface area is 109 Å². The van der Waals surface area contributed by atoms with Gasteiger partial charge in [-0.1, -0.05) is 23.5 Å². The number of rotatable bonds is 2. The third-order valence-electron chi connectivity index (χ3n) is 2.50. The number of nitrogens with zero attached hydrogens (tertiary/aromatic N) is 4. The van der Waals surface area contributed by atoms with E-state index in [0.29, 0.717) is 15.1 Å². The van der Waals surface area contributed by atoms with E-state index in [4.69, 9.17) is 0 Å². The average Bonchev–Trinajstić information content (AvgIpc) is 2.95. The molecule has 0 aliphatic carbocycles. The molecule has 8 heteroatoms. The Hall–Kier alpha value is -2.61. The molecule has 19 heavy (non-hydrogen) atoms. The van der Waals surface area contributed by atoms with Crippen molar-refractivity contribution in [3.05, 3.63) is 61.2 Å². The Morgan fingerprint density at radius 1 is 1.42 bits per heavy atom. The van der Waals surface area contributed by atoms with Gasteiger partial charge in [-0.05, 0) is 11.6 Å². The van der Waals surface area contributed by atoms with E-state index in [2.05, 4.69) is 10.1 Å². The number of non-ortho nitro benzene ring substituents is 1. The van der Waals surface area contributed by atoms with Crippen molar-refractivity contribution in [3.63, 3.8) is 0 Å². The van der Waals surface area contributed by atoms with Crippen molar-refractivity contribution in [2.45, 2.75) is 0 Å². The van der Waals surface area contributed by atoms with Crippen molar-refractivity contribution < 1.29 is 4.92 Å². The first kappa shape index (κ1) is 11.5. The lowest BCUT2D eigenvalue weighted by Crippen LogP contribution is -2.23. The standard InChI is InChI=1S/C11H6N4O3S/c16-10-9(19-11-12-6-13-14(10)11)5-7-2-1-3-8(4-7)15(17)18/h1-6H/b9-5-. The van der Waals surface area contributed by atoms with Crippen LogP contribution in [0.2, 0.25) is 0 Å². The fourth-order valence-corrected chi connectivity index (χ4v) is 2.54. The highest BCUT2D eigenvalue weighted by Crippen LogP contribution is 2.13. The highest BCUT2D eigenvalue weighted by Gasteiger charge is 2.07. The number of thiazole rings is 1. The Morgan fingerprint density at radius 2 is 2.26 bits per heavy atom. The van der Waals surface area contributed by atoms with Crippen LogP contribution < -0.4 is 10.1 Å². The maximum Gasteiger partial charge on any atom is 0.291 e. The first-order valence-corrected chi connectivity index (χ1v) is 6.05. The van der Waals surface area contributed by atoms with Gasteiger partial charge in [0, 0.05) is 12.1 Å². The minimum absolute atomic E-state index is 0.0133. The Balaban J connectivity index is 2.17. The molecule has 0 spiro atoms. The molecule has 0 radical (unpaired) electrons. The second-order valence-corrected chi connectivity index (χ2v) is 4.73. The molecular formula is C11H6N4O3S. The van der Waals surface area contributed by atoms with Gasteiger partial charge in [-0.15, -0.1) is 0 Å². The van der Waals surface area contributed by atoms with E-state index in [-0.39, 0.29) is 11.2 Å². The van der Waals surface area contributed by atoms with Gasteiger partial charge in [0.05, 0.1) is 9.46 Å². The molecule has 94 valence electrons. The largest absolute Gasteiger partial charge is 0.291 e. The highest BCUT2D eigenvalue weighted by molar-refractivity contribution is 7.15. The van der Waals surface area contributed by atoms with Crippen molar-refractivity contribution in [3.8, 4) is 0 Å². The monoisotopic (exact) mass is 274 g/mol. The lowest BCUT2D eigenvalue weighted by atomic mass is 10.2. The molecule has 1 aromatic carbocycles. The second-order valence-electron chi connectivity index (χ2n) is 3.72. The van der Waals surface area contributed by atoms with E-state index >= 15 is 0 Å². The van der Waals surface area contributed by atoms with Crippen LogP contribution in [0.15, 0.2) is 35.4 Å². The normalized spacial score (nSPS) is 12.1. The van der Waals surface area contributed by atoms with Gasteiger partial charge in [0.15, 0.2) is 0 Å². The molecule has 0 aliphatic heterocycles. The molecule has 0 fully saturated rings. The SMILES string of the molecule is O=c1/c(=C/c2cccc([N+](=O)[O-])c2)sc2ncnn12. The van der Waals surface area contributed by atoms with Crippen LogP contribution in [0.4, 0.5) is 5.69 Å². The Morgan fingerprint density at radius 3 is 3.00 bits per heavy atom. The third kappa shape index (κ3) is 1.97. The molecule has 0 unspecified atom stereocenters. The van der Waals surface area contributed by atoms with Gasteiger partial charge in [0.1, 0.15) is 6.33 Å². The van der Waals surface area contributed by atoms with Gasteiger partial charge >= 0.3 is 0 Å². The maximum absolute atomic E-state index is 11.9. The molecule has 0 bridgehead atoms. The van der Waals surface area contributed by atoms with Crippen LogP contribution in [0.25, 0.3) is 11.0 Å². The van der Waals surface area contributed by atoms with Crippen LogP contribution >= 0.6 is 11.3 Å². The summed E-state index contributed by atoms with van der Waals surface area (Å²) >= 11 is 1.19. The molecule has 0 atom stereocenters. The zero-order valence-electron chi connectivity index (χ0n) is 9.39. The summed E-state index contributed by atoms with van der Waals surface area (Å²) in [5, 5.41) is 14.5. The van der Waals surface area contributed by atoms with E-state index in [9.17, 15) is 14.9 Å². The second kappa shape index (κ2) is 4.25. The van der Waals surface area contributed by atoms with Crippen LogP contribution in [0.5, 0.6) is 0 Å². The van der Waals surface area contributed by atoms with Crippen LogP contribution in [-0.4, -0.2) is 19.5 Å². The summed E-state index contributed by atoms with van der Waals surface area (Å²) in [4.78, 5) is 26.6. The predicted octanol–water partition coefficient (Wildman–Crippen LogP) is 0.607. The highest BCUT2D eigenvalue weighted by atomic mass is 32.1. The van der Waals surface area contributed by atoms with Crippen molar-refractivity contribution in [2.24, 2.45) is 0 Å². The number of nitro groups is 1. The molecule has 7 nitrogen and oxygen atoms in total. The summed E-state index contributed by atoms with van der Waals surface area (Å²) in [6.45, 7) is 0. The van der Waals surface area contributed by atoms with E-state index < -0.39 is 4.92 Å². The average molecular weight is 274 g/mol. The molecule has 2 aromatic heterocycles. The number of aromatic nitrogens is 3. The van der Waals surface area contributed by atoms with Crippen molar-refractivity contribution in [2.75, 3.05) is 0 Å². The van der Waals surface area contributed by atoms with Gasteiger partial charge in [-0.2, -0.15) is 9.61 Å². The molecule has 0 amide bonds. The van der Waals surface area contributed by atoms with Gasteiger partial charge in [-0.3, -0.25) is 14.9 Å². The van der Waals surface area contributed by atoms with Crippen LogP contribution in [0.1, 0.15) is 5.56 Å². The fraction of sp³-hybridized carbons (Fsp3) is 0. The summed E-state index contributed by atoms with van der Waals surface area (Å²) in [7, 11) is 0. The third-order valence-corrected chi connectivity index (χ3v) is 3.47. The number of hydrogen-bond donors (Lipinski definition) is 0. The predicted molar refractivity (Wildman–Crippen MR) is 69.0 cm³/mol. The molecule has 3 aromatic rings. The lowest BCUT2D eigenvalue weighted by molar-refractivity contribution is -0.384. The van der Waals surface area contributed by atoms with Crippen molar-refractivity contribution in [1.29, 1.82) is 0 Å². The summed E-state index contributed by atoms with van der Waals surface area (Å²) in [6, 6.07) is 6.08. The van der Waals surface area contributed by atoms with Gasteiger partial charge in [-0.25, -0.2) is 4.98 Å². The maximum atomic E-state index is 11.9. The molecular weight excluding hydrogens is 268 g/mol. The summed E-state index contributed by atoms with van der Waals surface area (Å²) in [5.74, 6) is 0. The van der Waals surface area contributed by atoms with Crippen LogP contribution in [-0.2, 0) is 0 Å². The zero-order valence-corrected chi connectivity index (χ0v) is 10.2. The summed E-state index contributed by atoms with van der Waals surface area (Å²) in [5.41, 5.74) is 0.306. The summed E-state index contributed by atoms with van der Waals surface area (Å²) < 4.78 is 1.64. The smallest absolute Gasteiger partial charge is 0.266 e. The quantitative estimate of drug-likeness (QED) is 0.504. The first-order valence-electron chi connectivity index (χ1n) is 5.24. The van der Waals surface area contributed by atoms with Crippen molar-refractivity contribution >= 4 is 28.1 Å². The zero-order chi connectivity index (χ0) is 13.4. The topological polar surface area (TPSA) is 90.4 Å². The fourth-order valence-electron chi connectivity index (χ4n) is 1.66. The van der Waals surface area contributed by atoms with E-state index in [1.54, 1.807) is 18.2 Å². The van der Waals surface area contributed by atoms with Gasteiger partial charge in [0.2, 0.25) is 4.96 Å².